The average molecular weight is 229 g/mol. The molecule has 0 aromatic carbocycles. The normalized spacial score (nSPS) is 12.7. The number of aliphatic carboxylic acids is 1. The van der Waals surface area contributed by atoms with Gasteiger partial charge in [-0.05, 0) is 19.5 Å². The van der Waals surface area contributed by atoms with Crippen LogP contribution in [0.2, 0.25) is 0 Å². The Bertz CT molecular complexity index is 324. The molecule has 0 radical (unpaired) electrons. The molecule has 0 aliphatic heterocycles. The van der Waals surface area contributed by atoms with E-state index in [-0.39, 0.29) is 0 Å². The fraction of sp³-hybridized carbons (Fsp3) is 0.500. The summed E-state index contributed by atoms with van der Waals surface area (Å²) in [5, 5.41) is 11.8. The number of thioether (sulfide) groups is 1. The molecule has 0 saturated carbocycles. The van der Waals surface area contributed by atoms with Crippen LogP contribution in [0.25, 0.3) is 0 Å². The largest absolute Gasteiger partial charge is 0.480 e. The third-order valence-electron chi connectivity index (χ3n) is 1.97. The summed E-state index contributed by atoms with van der Waals surface area (Å²) >= 11 is 1.49. The molecule has 15 heavy (non-hydrogen) atoms. The van der Waals surface area contributed by atoms with Crippen molar-refractivity contribution in [2.45, 2.75) is 24.8 Å². The highest BCUT2D eigenvalue weighted by Gasteiger charge is 2.16. The molecule has 4 nitrogen and oxygen atoms in total. The highest BCUT2D eigenvalue weighted by molar-refractivity contribution is 7.99. The lowest BCUT2D eigenvalue weighted by molar-refractivity contribution is -0.138. The van der Waals surface area contributed by atoms with Gasteiger partial charge < -0.3 is 14.8 Å². The van der Waals surface area contributed by atoms with Crippen molar-refractivity contribution in [3.05, 3.63) is 18.1 Å². The van der Waals surface area contributed by atoms with Crippen molar-refractivity contribution in [1.82, 2.24) is 5.32 Å². The van der Waals surface area contributed by atoms with E-state index in [1.54, 1.807) is 6.26 Å². The summed E-state index contributed by atoms with van der Waals surface area (Å²) in [6, 6.07) is 1.35. The van der Waals surface area contributed by atoms with E-state index in [1.165, 1.54) is 11.8 Å². The number of carbonyl (C=O) groups is 1. The minimum absolute atomic E-state index is 0.504. The van der Waals surface area contributed by atoms with Crippen LogP contribution in [0.3, 0.4) is 0 Å². The minimum atomic E-state index is -0.814. The Hall–Kier alpha value is -0.940. The van der Waals surface area contributed by atoms with Crippen molar-refractivity contribution in [1.29, 1.82) is 0 Å². The zero-order valence-corrected chi connectivity index (χ0v) is 9.63. The molecule has 5 heteroatoms. The number of nitrogens with one attached hydrogen (secondary N) is 1. The summed E-state index contributed by atoms with van der Waals surface area (Å²) < 4.78 is 5.13. The van der Waals surface area contributed by atoms with Gasteiger partial charge in [0, 0.05) is 10.6 Å². The Morgan fingerprint density at radius 2 is 2.47 bits per heavy atom. The lowest BCUT2D eigenvalue weighted by Gasteiger charge is -2.11. The predicted octanol–water partition coefficient (Wildman–Crippen LogP) is 1.74. The Morgan fingerprint density at radius 3 is 2.93 bits per heavy atom. The Morgan fingerprint density at radius 1 is 1.73 bits per heavy atom. The quantitative estimate of drug-likeness (QED) is 0.727. The van der Waals surface area contributed by atoms with Crippen LogP contribution >= 0.6 is 11.8 Å². The molecule has 1 aromatic rings. The van der Waals surface area contributed by atoms with E-state index < -0.39 is 12.0 Å². The summed E-state index contributed by atoms with van der Waals surface area (Å²) in [5.74, 6) is 0.523. The molecule has 0 aliphatic rings. The molecule has 1 atom stereocenters. The van der Waals surface area contributed by atoms with Gasteiger partial charge in [0.1, 0.15) is 11.8 Å². The van der Waals surface area contributed by atoms with E-state index >= 15 is 0 Å². The Kier molecular flexibility index (Phi) is 4.71. The molecule has 1 heterocycles. The molecular weight excluding hydrogens is 214 g/mol. The molecule has 2 N–H and O–H groups in total. The number of hydrogen-bond donors (Lipinski definition) is 2. The first-order valence-electron chi connectivity index (χ1n) is 4.78. The lowest BCUT2D eigenvalue weighted by Crippen LogP contribution is -2.38. The summed E-state index contributed by atoms with van der Waals surface area (Å²) in [5.41, 5.74) is 0. The molecule has 0 spiro atoms. The first kappa shape index (κ1) is 12.1. The monoisotopic (exact) mass is 229 g/mol. The molecule has 0 saturated heterocycles. The summed E-state index contributed by atoms with van der Waals surface area (Å²) in [4.78, 5) is 11.8. The van der Waals surface area contributed by atoms with Crippen molar-refractivity contribution in [2.75, 3.05) is 12.3 Å². The molecule has 0 aliphatic carbocycles. The maximum absolute atomic E-state index is 10.8. The minimum Gasteiger partial charge on any atom is -0.480 e. The predicted molar refractivity (Wildman–Crippen MR) is 59.3 cm³/mol. The van der Waals surface area contributed by atoms with Gasteiger partial charge in [-0.25, -0.2) is 0 Å². The molecule has 84 valence electrons. The van der Waals surface area contributed by atoms with Gasteiger partial charge in [0.05, 0.1) is 6.26 Å². The van der Waals surface area contributed by atoms with Gasteiger partial charge in [0.25, 0.3) is 0 Å². The van der Waals surface area contributed by atoms with Gasteiger partial charge in [-0.2, -0.15) is 0 Å². The third kappa shape index (κ3) is 3.60. The molecule has 0 fully saturated rings. The smallest absolute Gasteiger partial charge is 0.321 e. The lowest BCUT2D eigenvalue weighted by atomic mass is 10.3. The molecule has 1 unspecified atom stereocenters. The van der Waals surface area contributed by atoms with E-state index in [0.29, 0.717) is 12.3 Å². The van der Waals surface area contributed by atoms with Crippen LogP contribution in [-0.2, 0) is 4.79 Å². The van der Waals surface area contributed by atoms with Gasteiger partial charge in [-0.3, -0.25) is 4.79 Å². The molecule has 0 amide bonds. The van der Waals surface area contributed by atoms with Crippen LogP contribution < -0.4 is 5.32 Å². The topological polar surface area (TPSA) is 62.5 Å². The van der Waals surface area contributed by atoms with E-state index in [0.717, 1.165) is 10.7 Å². The summed E-state index contributed by atoms with van der Waals surface area (Å²) in [6.07, 6.45) is 1.61. The van der Waals surface area contributed by atoms with Gasteiger partial charge >= 0.3 is 5.97 Å². The number of aryl methyl sites for hydroxylation is 1. The zero-order chi connectivity index (χ0) is 11.3. The molecule has 1 aromatic heterocycles. The third-order valence-corrected chi connectivity index (χ3v) is 3.20. The van der Waals surface area contributed by atoms with Crippen LogP contribution in [-0.4, -0.2) is 29.4 Å². The SMILES string of the molecule is CCNC(CSc1ccoc1C)C(=O)O. The van der Waals surface area contributed by atoms with Crippen molar-refractivity contribution < 1.29 is 14.3 Å². The van der Waals surface area contributed by atoms with E-state index in [4.69, 9.17) is 9.52 Å². The van der Waals surface area contributed by atoms with Crippen LogP contribution in [0.15, 0.2) is 21.6 Å². The second kappa shape index (κ2) is 5.82. The van der Waals surface area contributed by atoms with Gasteiger partial charge in [0.2, 0.25) is 0 Å². The second-order valence-electron chi connectivity index (χ2n) is 3.10. The number of furan rings is 1. The highest BCUT2D eigenvalue weighted by Crippen LogP contribution is 2.23. The van der Waals surface area contributed by atoms with Gasteiger partial charge in [0.15, 0.2) is 0 Å². The highest BCUT2D eigenvalue weighted by atomic mass is 32.2. The Labute approximate surface area is 93.0 Å². The molecule has 0 bridgehead atoms. The van der Waals surface area contributed by atoms with Gasteiger partial charge in [-0.1, -0.05) is 6.92 Å². The maximum Gasteiger partial charge on any atom is 0.321 e. The first-order valence-corrected chi connectivity index (χ1v) is 5.76. The van der Waals surface area contributed by atoms with Crippen LogP contribution in [0.1, 0.15) is 12.7 Å². The number of rotatable bonds is 6. The average Bonchev–Trinajstić information content (AvgIpc) is 2.58. The van der Waals surface area contributed by atoms with Crippen LogP contribution in [0.5, 0.6) is 0 Å². The van der Waals surface area contributed by atoms with Crippen molar-refractivity contribution in [3.63, 3.8) is 0 Å². The molecule has 1 rings (SSSR count). The fourth-order valence-corrected chi connectivity index (χ4v) is 2.17. The standard InChI is InChI=1S/C10H15NO3S/c1-3-11-8(10(12)13)6-15-9-4-5-14-7(9)2/h4-5,8,11H,3,6H2,1-2H3,(H,12,13). The van der Waals surface area contributed by atoms with Crippen LogP contribution in [0.4, 0.5) is 0 Å². The van der Waals surface area contributed by atoms with Crippen molar-refractivity contribution in [3.8, 4) is 0 Å². The number of carboxylic acid groups (broad SMARTS) is 1. The second-order valence-corrected chi connectivity index (χ2v) is 4.16. The molecular formula is C10H15NO3S. The number of hydrogen-bond acceptors (Lipinski definition) is 4. The number of likely N-dealkylation sites (N-methyl/N-ethyl adjacent to an activating group) is 1. The summed E-state index contributed by atoms with van der Waals surface area (Å²) in [6.45, 7) is 4.41. The van der Waals surface area contributed by atoms with E-state index in [1.807, 2.05) is 19.9 Å². The van der Waals surface area contributed by atoms with Crippen molar-refractivity contribution >= 4 is 17.7 Å². The zero-order valence-electron chi connectivity index (χ0n) is 8.82. The number of carboxylic acids is 1. The van der Waals surface area contributed by atoms with E-state index in [9.17, 15) is 4.79 Å². The van der Waals surface area contributed by atoms with E-state index in [2.05, 4.69) is 5.32 Å². The van der Waals surface area contributed by atoms with Crippen LogP contribution in [0, 0.1) is 6.92 Å². The maximum atomic E-state index is 10.8. The first-order chi connectivity index (χ1) is 7.15. The Balaban J connectivity index is 2.47. The summed E-state index contributed by atoms with van der Waals surface area (Å²) in [7, 11) is 0. The van der Waals surface area contributed by atoms with Crippen molar-refractivity contribution in [2.24, 2.45) is 0 Å². The van der Waals surface area contributed by atoms with Gasteiger partial charge in [-0.15, -0.1) is 11.8 Å². The fourth-order valence-electron chi connectivity index (χ4n) is 1.16.